The Morgan fingerprint density at radius 1 is 0.893 bits per heavy atom. The SMILES string of the molecule is CCCCCCCC/C=C\CCCCCCC[C@@H](CC=O)OC1CCCCO1. The van der Waals surface area contributed by atoms with Crippen molar-refractivity contribution >= 4 is 6.29 Å². The average molecular weight is 395 g/mol. The van der Waals surface area contributed by atoms with E-state index in [0.29, 0.717) is 6.42 Å². The Morgan fingerprint density at radius 3 is 2.14 bits per heavy atom. The zero-order valence-electron chi connectivity index (χ0n) is 18.5. The minimum atomic E-state index is -0.0816. The van der Waals surface area contributed by atoms with Crippen molar-refractivity contribution in [1.82, 2.24) is 0 Å². The molecule has 0 radical (unpaired) electrons. The van der Waals surface area contributed by atoms with Crippen LogP contribution in [0.4, 0.5) is 0 Å². The molecule has 1 fully saturated rings. The molecular weight excluding hydrogens is 348 g/mol. The van der Waals surface area contributed by atoms with Gasteiger partial charge in [-0.25, -0.2) is 0 Å². The number of rotatable bonds is 19. The maximum absolute atomic E-state index is 10.9. The number of aldehydes is 1. The number of ether oxygens (including phenoxy) is 2. The second-order valence-corrected chi connectivity index (χ2v) is 8.33. The monoisotopic (exact) mass is 394 g/mol. The van der Waals surface area contributed by atoms with E-state index in [1.54, 1.807) is 0 Å². The van der Waals surface area contributed by atoms with Crippen LogP contribution in [0.5, 0.6) is 0 Å². The first kappa shape index (κ1) is 25.4. The molecule has 0 aromatic rings. The van der Waals surface area contributed by atoms with Crippen molar-refractivity contribution in [3.8, 4) is 0 Å². The van der Waals surface area contributed by atoms with Crippen molar-refractivity contribution in [1.29, 1.82) is 0 Å². The van der Waals surface area contributed by atoms with Gasteiger partial charge in [0.25, 0.3) is 0 Å². The number of hydrogen-bond donors (Lipinski definition) is 0. The average Bonchev–Trinajstić information content (AvgIpc) is 2.71. The molecule has 164 valence electrons. The Bertz CT molecular complexity index is 361. The second-order valence-electron chi connectivity index (χ2n) is 8.33. The van der Waals surface area contributed by atoms with Crippen LogP contribution in [0.1, 0.15) is 122 Å². The van der Waals surface area contributed by atoms with Crippen molar-refractivity contribution in [2.24, 2.45) is 0 Å². The van der Waals surface area contributed by atoms with E-state index < -0.39 is 0 Å². The van der Waals surface area contributed by atoms with Gasteiger partial charge in [-0.15, -0.1) is 0 Å². The third-order valence-electron chi connectivity index (χ3n) is 5.63. The van der Waals surface area contributed by atoms with Crippen molar-refractivity contribution in [3.63, 3.8) is 0 Å². The molecule has 0 saturated carbocycles. The van der Waals surface area contributed by atoms with Crippen molar-refractivity contribution < 1.29 is 14.3 Å². The maximum Gasteiger partial charge on any atom is 0.157 e. The van der Waals surface area contributed by atoms with Crippen LogP contribution in [0.25, 0.3) is 0 Å². The fourth-order valence-corrected chi connectivity index (χ4v) is 3.82. The molecule has 1 rings (SSSR count). The molecule has 0 aromatic carbocycles. The van der Waals surface area contributed by atoms with E-state index in [1.807, 2.05) is 0 Å². The van der Waals surface area contributed by atoms with E-state index in [1.165, 1.54) is 83.5 Å². The van der Waals surface area contributed by atoms with Gasteiger partial charge in [0, 0.05) is 13.0 Å². The number of allylic oxidation sites excluding steroid dienone is 2. The maximum atomic E-state index is 10.9. The van der Waals surface area contributed by atoms with E-state index in [9.17, 15) is 4.79 Å². The highest BCUT2D eigenvalue weighted by Gasteiger charge is 2.19. The molecular formula is C25H46O3. The summed E-state index contributed by atoms with van der Waals surface area (Å²) in [6, 6.07) is 0. The molecule has 3 heteroatoms. The smallest absolute Gasteiger partial charge is 0.157 e. The van der Waals surface area contributed by atoms with E-state index in [2.05, 4.69) is 19.1 Å². The fourth-order valence-electron chi connectivity index (χ4n) is 3.82. The predicted molar refractivity (Wildman–Crippen MR) is 119 cm³/mol. The molecule has 0 bridgehead atoms. The van der Waals surface area contributed by atoms with Crippen LogP contribution in [0.15, 0.2) is 12.2 Å². The number of unbranched alkanes of at least 4 members (excludes halogenated alkanes) is 11. The van der Waals surface area contributed by atoms with Gasteiger partial charge in [0.1, 0.15) is 6.29 Å². The number of carbonyl (C=O) groups is 1. The fraction of sp³-hybridized carbons (Fsp3) is 0.880. The third kappa shape index (κ3) is 15.3. The minimum Gasteiger partial charge on any atom is -0.353 e. The molecule has 3 nitrogen and oxygen atoms in total. The third-order valence-corrected chi connectivity index (χ3v) is 5.63. The van der Waals surface area contributed by atoms with E-state index in [0.717, 1.165) is 38.6 Å². The highest BCUT2D eigenvalue weighted by molar-refractivity contribution is 5.50. The van der Waals surface area contributed by atoms with Crippen LogP contribution in [-0.4, -0.2) is 25.3 Å². The van der Waals surface area contributed by atoms with Crippen molar-refractivity contribution in [2.45, 2.75) is 135 Å². The number of carbonyl (C=O) groups excluding carboxylic acids is 1. The molecule has 0 amide bonds. The largest absolute Gasteiger partial charge is 0.353 e. The van der Waals surface area contributed by atoms with Gasteiger partial charge in [0.05, 0.1) is 6.10 Å². The number of hydrogen-bond acceptors (Lipinski definition) is 3. The first-order valence-electron chi connectivity index (χ1n) is 12.2. The summed E-state index contributed by atoms with van der Waals surface area (Å²) in [5, 5.41) is 0. The predicted octanol–water partition coefficient (Wildman–Crippen LogP) is 7.52. The lowest BCUT2D eigenvalue weighted by Gasteiger charge is -2.27. The van der Waals surface area contributed by atoms with Gasteiger partial charge >= 0.3 is 0 Å². The van der Waals surface area contributed by atoms with Gasteiger partial charge in [-0.3, -0.25) is 0 Å². The Morgan fingerprint density at radius 2 is 1.54 bits per heavy atom. The summed E-state index contributed by atoms with van der Waals surface area (Å²) in [4.78, 5) is 10.9. The van der Waals surface area contributed by atoms with Crippen LogP contribution in [0.2, 0.25) is 0 Å². The van der Waals surface area contributed by atoms with Crippen LogP contribution >= 0.6 is 0 Å². The lowest BCUT2D eigenvalue weighted by atomic mass is 10.0. The summed E-state index contributed by atoms with van der Waals surface area (Å²) in [6.45, 7) is 3.07. The molecule has 1 saturated heterocycles. The van der Waals surface area contributed by atoms with Crippen LogP contribution in [-0.2, 0) is 14.3 Å². The molecule has 28 heavy (non-hydrogen) atoms. The summed E-state index contributed by atoms with van der Waals surface area (Å²) in [5.74, 6) is 0. The van der Waals surface area contributed by atoms with Crippen LogP contribution in [0, 0.1) is 0 Å². The lowest BCUT2D eigenvalue weighted by molar-refractivity contribution is -0.190. The quantitative estimate of drug-likeness (QED) is 0.129. The summed E-state index contributed by atoms with van der Waals surface area (Å²) in [7, 11) is 0. The first-order chi connectivity index (χ1) is 13.9. The van der Waals surface area contributed by atoms with Gasteiger partial charge in [-0.1, -0.05) is 76.9 Å². The summed E-state index contributed by atoms with van der Waals surface area (Å²) in [5.41, 5.74) is 0. The zero-order chi connectivity index (χ0) is 20.1. The van der Waals surface area contributed by atoms with E-state index in [4.69, 9.17) is 9.47 Å². The van der Waals surface area contributed by atoms with Crippen LogP contribution in [0.3, 0.4) is 0 Å². The topological polar surface area (TPSA) is 35.5 Å². The molecule has 0 spiro atoms. The summed E-state index contributed by atoms with van der Waals surface area (Å²) >= 11 is 0. The molecule has 1 unspecified atom stereocenters. The zero-order valence-corrected chi connectivity index (χ0v) is 18.5. The van der Waals surface area contributed by atoms with E-state index >= 15 is 0 Å². The van der Waals surface area contributed by atoms with Crippen LogP contribution < -0.4 is 0 Å². The standard InChI is InChI=1S/C25H46O3/c1-2-3-4-5-6-7-8-9-10-11-12-13-14-15-16-19-24(21-22-26)28-25-20-17-18-23-27-25/h9-10,22,24-25H,2-8,11-21,23H2,1H3/b10-9-/t24-,25?/m0/s1. The molecule has 0 N–H and O–H groups in total. The normalized spacial score (nSPS) is 18.5. The molecule has 2 atom stereocenters. The van der Waals surface area contributed by atoms with Gasteiger partial charge in [-0.05, 0) is 51.4 Å². The second kappa shape index (κ2) is 19.6. The van der Waals surface area contributed by atoms with E-state index in [-0.39, 0.29) is 12.4 Å². The molecule has 0 aromatic heterocycles. The molecule has 0 aliphatic carbocycles. The summed E-state index contributed by atoms with van der Waals surface area (Å²) < 4.78 is 11.6. The highest BCUT2D eigenvalue weighted by atomic mass is 16.7. The van der Waals surface area contributed by atoms with Crippen molar-refractivity contribution in [3.05, 3.63) is 12.2 Å². The minimum absolute atomic E-state index is 0.0468. The van der Waals surface area contributed by atoms with Gasteiger partial charge in [0.15, 0.2) is 6.29 Å². The molecule has 1 aliphatic heterocycles. The highest BCUT2D eigenvalue weighted by Crippen LogP contribution is 2.19. The Labute approximate surface area is 174 Å². The Kier molecular flexibility index (Phi) is 17.8. The van der Waals surface area contributed by atoms with Crippen molar-refractivity contribution in [2.75, 3.05) is 6.61 Å². The Balaban J connectivity index is 1.89. The summed E-state index contributed by atoms with van der Waals surface area (Å²) in [6.07, 6.45) is 27.6. The molecule has 1 aliphatic rings. The van der Waals surface area contributed by atoms with Gasteiger partial charge < -0.3 is 14.3 Å². The molecule has 1 heterocycles. The van der Waals surface area contributed by atoms with Gasteiger partial charge in [0.2, 0.25) is 0 Å². The lowest BCUT2D eigenvalue weighted by Crippen LogP contribution is -2.28. The van der Waals surface area contributed by atoms with Gasteiger partial charge in [-0.2, -0.15) is 0 Å². The Hall–Kier alpha value is -0.670. The first-order valence-corrected chi connectivity index (χ1v) is 12.2.